The van der Waals surface area contributed by atoms with E-state index in [4.69, 9.17) is 10.5 Å². The summed E-state index contributed by atoms with van der Waals surface area (Å²) >= 11 is 0. The maximum atomic E-state index is 11.7. The van der Waals surface area contributed by atoms with Gasteiger partial charge in [-0.1, -0.05) is 30.3 Å². The molecule has 0 fully saturated rings. The highest BCUT2D eigenvalue weighted by molar-refractivity contribution is 5.86. The van der Waals surface area contributed by atoms with Gasteiger partial charge in [0.1, 0.15) is 12.4 Å². The number of amides is 2. The standard InChI is InChI=1S/C21H24N4O3/c22-11-20(26)25-13-21(27)23-9-8-16-12-24-19-7-6-17(10-18(16)19)28-14-15-4-2-1-3-5-15/h1-7,10,12,24H,8-9,11,13-14,22H2,(H,23,27)(H,25,26). The van der Waals surface area contributed by atoms with E-state index in [-0.39, 0.29) is 24.9 Å². The molecule has 0 saturated heterocycles. The van der Waals surface area contributed by atoms with Gasteiger partial charge in [-0.05, 0) is 35.7 Å². The molecule has 0 atom stereocenters. The lowest BCUT2D eigenvalue weighted by Gasteiger charge is -2.08. The van der Waals surface area contributed by atoms with Crippen LogP contribution in [0.5, 0.6) is 5.75 Å². The Hall–Kier alpha value is -3.32. The number of carbonyl (C=O) groups excluding carboxylic acids is 2. The van der Waals surface area contributed by atoms with Crippen molar-refractivity contribution in [3.8, 4) is 5.75 Å². The highest BCUT2D eigenvalue weighted by atomic mass is 16.5. The molecular weight excluding hydrogens is 356 g/mol. The molecule has 0 bridgehead atoms. The van der Waals surface area contributed by atoms with E-state index >= 15 is 0 Å². The van der Waals surface area contributed by atoms with Crippen LogP contribution in [0.3, 0.4) is 0 Å². The van der Waals surface area contributed by atoms with Gasteiger partial charge in [0.15, 0.2) is 0 Å². The molecular formula is C21H24N4O3. The number of aromatic amines is 1. The third-order valence-corrected chi connectivity index (χ3v) is 4.34. The molecule has 0 aliphatic carbocycles. The molecule has 0 saturated carbocycles. The number of hydrogen-bond donors (Lipinski definition) is 4. The minimum Gasteiger partial charge on any atom is -0.489 e. The van der Waals surface area contributed by atoms with Crippen LogP contribution in [0.25, 0.3) is 10.9 Å². The van der Waals surface area contributed by atoms with E-state index in [1.54, 1.807) is 0 Å². The van der Waals surface area contributed by atoms with Gasteiger partial charge < -0.3 is 26.1 Å². The second-order valence-electron chi connectivity index (χ2n) is 6.38. The number of fused-ring (bicyclic) bond motifs is 1. The fourth-order valence-corrected chi connectivity index (χ4v) is 2.85. The lowest BCUT2D eigenvalue weighted by Crippen LogP contribution is -2.40. The van der Waals surface area contributed by atoms with E-state index < -0.39 is 0 Å². The Kier molecular flexibility index (Phi) is 6.64. The van der Waals surface area contributed by atoms with Crippen LogP contribution in [-0.4, -0.2) is 36.4 Å². The van der Waals surface area contributed by atoms with E-state index in [1.165, 1.54) is 0 Å². The van der Waals surface area contributed by atoms with E-state index in [0.717, 1.165) is 27.8 Å². The van der Waals surface area contributed by atoms with E-state index in [2.05, 4.69) is 15.6 Å². The van der Waals surface area contributed by atoms with Gasteiger partial charge in [-0.15, -0.1) is 0 Å². The molecule has 0 aliphatic rings. The van der Waals surface area contributed by atoms with Gasteiger partial charge in [0.2, 0.25) is 11.8 Å². The molecule has 0 aliphatic heterocycles. The van der Waals surface area contributed by atoms with Gasteiger partial charge in [-0.2, -0.15) is 0 Å². The second-order valence-corrected chi connectivity index (χ2v) is 6.38. The highest BCUT2D eigenvalue weighted by Gasteiger charge is 2.08. The Labute approximate surface area is 163 Å². The first-order valence-electron chi connectivity index (χ1n) is 9.16. The number of hydrogen-bond acceptors (Lipinski definition) is 4. The van der Waals surface area contributed by atoms with Crippen LogP contribution in [0.4, 0.5) is 0 Å². The summed E-state index contributed by atoms with van der Waals surface area (Å²) in [6, 6.07) is 15.9. The zero-order chi connectivity index (χ0) is 19.8. The fourth-order valence-electron chi connectivity index (χ4n) is 2.85. The van der Waals surface area contributed by atoms with Crippen LogP contribution in [0.15, 0.2) is 54.7 Å². The monoisotopic (exact) mass is 380 g/mol. The van der Waals surface area contributed by atoms with E-state index in [0.29, 0.717) is 19.6 Å². The maximum absolute atomic E-state index is 11.7. The van der Waals surface area contributed by atoms with Crippen molar-refractivity contribution in [3.05, 3.63) is 65.9 Å². The summed E-state index contributed by atoms with van der Waals surface area (Å²) in [7, 11) is 0. The summed E-state index contributed by atoms with van der Waals surface area (Å²) in [5.41, 5.74) is 8.40. The Morgan fingerprint density at radius 2 is 1.86 bits per heavy atom. The molecule has 0 spiro atoms. The third-order valence-electron chi connectivity index (χ3n) is 4.34. The molecule has 3 rings (SSSR count). The number of ether oxygens (including phenoxy) is 1. The number of benzene rings is 2. The Morgan fingerprint density at radius 1 is 1.04 bits per heavy atom. The lowest BCUT2D eigenvalue weighted by molar-refractivity contribution is -0.125. The van der Waals surface area contributed by atoms with Gasteiger partial charge in [-0.25, -0.2) is 0 Å². The fraction of sp³-hybridized carbons (Fsp3) is 0.238. The average molecular weight is 380 g/mol. The molecule has 2 amide bonds. The number of nitrogens with one attached hydrogen (secondary N) is 3. The summed E-state index contributed by atoms with van der Waals surface area (Å²) in [5.74, 6) is 0.203. The molecule has 2 aromatic carbocycles. The molecule has 0 unspecified atom stereocenters. The third kappa shape index (κ3) is 5.34. The minimum absolute atomic E-state index is 0.0681. The molecule has 5 N–H and O–H groups in total. The predicted molar refractivity (Wildman–Crippen MR) is 108 cm³/mol. The van der Waals surface area contributed by atoms with Gasteiger partial charge in [0.05, 0.1) is 13.1 Å². The van der Waals surface area contributed by atoms with E-state index in [1.807, 2.05) is 54.7 Å². The summed E-state index contributed by atoms with van der Waals surface area (Å²) in [6.07, 6.45) is 2.60. The van der Waals surface area contributed by atoms with Crippen LogP contribution >= 0.6 is 0 Å². The van der Waals surface area contributed by atoms with Crippen LogP contribution in [0.1, 0.15) is 11.1 Å². The topological polar surface area (TPSA) is 109 Å². The summed E-state index contributed by atoms with van der Waals surface area (Å²) in [6.45, 7) is 0.786. The van der Waals surface area contributed by atoms with E-state index in [9.17, 15) is 9.59 Å². The molecule has 3 aromatic rings. The molecule has 146 valence electrons. The second kappa shape index (κ2) is 9.57. The number of carbonyl (C=O) groups is 2. The van der Waals surface area contributed by atoms with Crippen molar-refractivity contribution in [3.63, 3.8) is 0 Å². The van der Waals surface area contributed by atoms with Crippen LogP contribution in [0, 0.1) is 0 Å². The number of nitrogens with two attached hydrogens (primary N) is 1. The molecule has 7 heteroatoms. The minimum atomic E-state index is -0.352. The largest absolute Gasteiger partial charge is 0.489 e. The normalized spacial score (nSPS) is 10.6. The van der Waals surface area contributed by atoms with Crippen molar-refractivity contribution in [1.82, 2.24) is 15.6 Å². The average Bonchev–Trinajstić information content (AvgIpc) is 3.13. The van der Waals surface area contributed by atoms with Gasteiger partial charge in [0.25, 0.3) is 0 Å². The SMILES string of the molecule is NCC(=O)NCC(=O)NCCc1c[nH]c2ccc(OCc3ccccc3)cc12. The van der Waals surface area contributed by atoms with Crippen LogP contribution in [0.2, 0.25) is 0 Å². The molecule has 0 radical (unpaired) electrons. The van der Waals surface area contributed by atoms with Crippen molar-refractivity contribution in [2.45, 2.75) is 13.0 Å². The Balaban J connectivity index is 1.55. The molecule has 28 heavy (non-hydrogen) atoms. The zero-order valence-electron chi connectivity index (χ0n) is 15.5. The zero-order valence-corrected chi connectivity index (χ0v) is 15.5. The number of aromatic nitrogens is 1. The summed E-state index contributed by atoms with van der Waals surface area (Å²) in [5, 5.41) is 6.29. The van der Waals surface area contributed by atoms with Crippen molar-refractivity contribution in [1.29, 1.82) is 0 Å². The molecule has 1 heterocycles. The summed E-state index contributed by atoms with van der Waals surface area (Å²) < 4.78 is 5.90. The maximum Gasteiger partial charge on any atom is 0.239 e. The van der Waals surface area contributed by atoms with Crippen LogP contribution < -0.4 is 21.1 Å². The van der Waals surface area contributed by atoms with Crippen LogP contribution in [-0.2, 0) is 22.6 Å². The quantitative estimate of drug-likeness (QED) is 0.451. The van der Waals surface area contributed by atoms with Gasteiger partial charge in [-0.3, -0.25) is 9.59 Å². The highest BCUT2D eigenvalue weighted by Crippen LogP contribution is 2.24. The molecule has 7 nitrogen and oxygen atoms in total. The number of H-pyrrole nitrogens is 1. The first kappa shape index (κ1) is 19.4. The van der Waals surface area contributed by atoms with Gasteiger partial charge >= 0.3 is 0 Å². The van der Waals surface area contributed by atoms with Crippen molar-refractivity contribution < 1.29 is 14.3 Å². The Bertz CT molecular complexity index is 937. The first-order valence-corrected chi connectivity index (χ1v) is 9.16. The molecule has 1 aromatic heterocycles. The smallest absolute Gasteiger partial charge is 0.239 e. The first-order chi connectivity index (χ1) is 13.7. The van der Waals surface area contributed by atoms with Crippen molar-refractivity contribution >= 4 is 22.7 Å². The number of rotatable bonds is 9. The summed E-state index contributed by atoms with van der Waals surface area (Å²) in [4.78, 5) is 26.0. The predicted octanol–water partition coefficient (Wildman–Crippen LogP) is 1.48. The van der Waals surface area contributed by atoms with Crippen molar-refractivity contribution in [2.75, 3.05) is 19.6 Å². The van der Waals surface area contributed by atoms with Crippen molar-refractivity contribution in [2.24, 2.45) is 5.73 Å². The Morgan fingerprint density at radius 3 is 2.64 bits per heavy atom. The van der Waals surface area contributed by atoms with Gasteiger partial charge in [0, 0.05) is 23.6 Å². The lowest BCUT2D eigenvalue weighted by atomic mass is 10.1.